The van der Waals surface area contributed by atoms with E-state index in [4.69, 9.17) is 4.74 Å². The zero-order valence-electron chi connectivity index (χ0n) is 10.7. The van der Waals surface area contributed by atoms with Crippen LogP contribution >= 0.6 is 0 Å². The fourth-order valence-corrected chi connectivity index (χ4v) is 2.72. The van der Waals surface area contributed by atoms with Gasteiger partial charge < -0.3 is 10.1 Å². The molecule has 1 aromatic carbocycles. The molecular formula is C14H20FNO. The molecule has 0 spiro atoms. The third-order valence-electron chi connectivity index (χ3n) is 3.94. The zero-order chi connectivity index (χ0) is 12.5. The van der Waals surface area contributed by atoms with Gasteiger partial charge in [0.1, 0.15) is 5.82 Å². The molecule has 0 saturated heterocycles. The number of rotatable bonds is 4. The Kier molecular flexibility index (Phi) is 3.50. The second-order valence-corrected chi connectivity index (χ2v) is 4.85. The molecule has 17 heavy (non-hydrogen) atoms. The molecule has 1 fully saturated rings. The number of aryl methyl sites for hydroxylation is 1. The number of nitrogens with one attached hydrogen (secondary N) is 1. The normalized spacial score (nSPS) is 19.8. The number of hydrogen-bond donors (Lipinski definition) is 1. The first kappa shape index (κ1) is 12.5. The first-order valence-electron chi connectivity index (χ1n) is 6.11. The molecule has 1 N–H and O–H groups in total. The van der Waals surface area contributed by atoms with Crippen molar-refractivity contribution in [3.63, 3.8) is 0 Å². The van der Waals surface area contributed by atoms with Gasteiger partial charge in [0.15, 0.2) is 0 Å². The summed E-state index contributed by atoms with van der Waals surface area (Å²) in [7, 11) is 3.70. The molecule has 2 rings (SSSR count). The third kappa shape index (κ3) is 2.09. The third-order valence-corrected chi connectivity index (χ3v) is 3.94. The highest BCUT2D eigenvalue weighted by molar-refractivity contribution is 5.29. The molecule has 1 aliphatic rings. The Hall–Kier alpha value is -0.930. The van der Waals surface area contributed by atoms with Crippen molar-refractivity contribution >= 4 is 0 Å². The average molecular weight is 237 g/mol. The van der Waals surface area contributed by atoms with Crippen LogP contribution in [0.5, 0.6) is 0 Å². The van der Waals surface area contributed by atoms with E-state index in [2.05, 4.69) is 5.32 Å². The molecule has 1 aromatic rings. The van der Waals surface area contributed by atoms with E-state index in [0.29, 0.717) is 5.56 Å². The van der Waals surface area contributed by atoms with Crippen LogP contribution < -0.4 is 5.32 Å². The van der Waals surface area contributed by atoms with Gasteiger partial charge in [-0.05, 0) is 50.4 Å². The van der Waals surface area contributed by atoms with Crippen molar-refractivity contribution < 1.29 is 9.13 Å². The molecule has 94 valence electrons. The summed E-state index contributed by atoms with van der Waals surface area (Å²) in [6.07, 6.45) is 3.32. The Balaban J connectivity index is 2.31. The van der Waals surface area contributed by atoms with Crippen molar-refractivity contribution in [2.45, 2.75) is 37.8 Å². The van der Waals surface area contributed by atoms with Gasteiger partial charge in [-0.3, -0.25) is 0 Å². The van der Waals surface area contributed by atoms with Gasteiger partial charge in [0.2, 0.25) is 0 Å². The summed E-state index contributed by atoms with van der Waals surface area (Å²) in [5.41, 5.74) is 1.68. The highest BCUT2D eigenvalue weighted by Gasteiger charge is 2.44. The molecule has 3 heteroatoms. The van der Waals surface area contributed by atoms with Crippen molar-refractivity contribution in [3.05, 3.63) is 35.1 Å². The van der Waals surface area contributed by atoms with Crippen LogP contribution in [-0.4, -0.2) is 19.8 Å². The highest BCUT2D eigenvalue weighted by atomic mass is 19.1. The van der Waals surface area contributed by atoms with E-state index in [1.54, 1.807) is 14.0 Å². The lowest BCUT2D eigenvalue weighted by Crippen LogP contribution is -2.49. The number of methoxy groups -OCH3 is 1. The van der Waals surface area contributed by atoms with E-state index < -0.39 is 0 Å². The van der Waals surface area contributed by atoms with Gasteiger partial charge in [-0.25, -0.2) is 4.39 Å². The molecule has 0 radical (unpaired) electrons. The van der Waals surface area contributed by atoms with Crippen LogP contribution in [0.4, 0.5) is 4.39 Å². The minimum absolute atomic E-state index is 0.112. The Labute approximate surface area is 102 Å². The second kappa shape index (κ2) is 4.75. The van der Waals surface area contributed by atoms with Gasteiger partial charge in [0.05, 0.1) is 11.6 Å². The molecule has 1 saturated carbocycles. The van der Waals surface area contributed by atoms with Crippen molar-refractivity contribution in [1.82, 2.24) is 5.32 Å². The van der Waals surface area contributed by atoms with Crippen LogP contribution in [0.3, 0.4) is 0 Å². The second-order valence-electron chi connectivity index (χ2n) is 4.85. The van der Waals surface area contributed by atoms with Crippen LogP contribution in [0.25, 0.3) is 0 Å². The number of benzene rings is 1. The molecule has 1 aliphatic carbocycles. The Morgan fingerprint density at radius 2 is 2.12 bits per heavy atom. The fourth-order valence-electron chi connectivity index (χ4n) is 2.72. The molecule has 1 atom stereocenters. The Morgan fingerprint density at radius 3 is 2.53 bits per heavy atom. The molecule has 0 bridgehead atoms. The molecule has 2 nitrogen and oxygen atoms in total. The lowest BCUT2D eigenvalue weighted by molar-refractivity contribution is -0.0983. The first-order valence-corrected chi connectivity index (χ1v) is 6.11. The van der Waals surface area contributed by atoms with Gasteiger partial charge in [-0.15, -0.1) is 0 Å². The first-order chi connectivity index (χ1) is 8.13. The van der Waals surface area contributed by atoms with E-state index in [0.717, 1.165) is 18.4 Å². The molecule has 0 amide bonds. The van der Waals surface area contributed by atoms with E-state index in [9.17, 15) is 4.39 Å². The van der Waals surface area contributed by atoms with Crippen LogP contribution in [-0.2, 0) is 4.74 Å². The average Bonchev–Trinajstić information content (AvgIpc) is 2.27. The summed E-state index contributed by atoms with van der Waals surface area (Å²) >= 11 is 0. The SMILES string of the molecule is CNC(c1ccc(F)c(C)c1)C1(OC)CCC1. The van der Waals surface area contributed by atoms with Crippen molar-refractivity contribution in [1.29, 1.82) is 0 Å². The number of hydrogen-bond acceptors (Lipinski definition) is 2. The Morgan fingerprint density at radius 1 is 1.41 bits per heavy atom. The summed E-state index contributed by atoms with van der Waals surface area (Å²) < 4.78 is 19.0. The summed E-state index contributed by atoms with van der Waals surface area (Å²) in [5.74, 6) is -0.149. The van der Waals surface area contributed by atoms with Crippen molar-refractivity contribution in [2.24, 2.45) is 0 Å². The van der Waals surface area contributed by atoms with Crippen LogP contribution in [0.2, 0.25) is 0 Å². The maximum atomic E-state index is 13.3. The standard InChI is InChI=1S/C14H20FNO/c1-10-9-11(5-6-12(10)15)13(16-2)14(17-3)7-4-8-14/h5-6,9,13,16H,4,7-8H2,1-3H3. The molecular weight excluding hydrogens is 217 g/mol. The number of ether oxygens (including phenoxy) is 1. The van der Waals surface area contributed by atoms with Crippen LogP contribution in [0, 0.1) is 12.7 Å². The quantitative estimate of drug-likeness (QED) is 0.869. The van der Waals surface area contributed by atoms with Gasteiger partial charge in [-0.1, -0.05) is 12.1 Å². The van der Waals surface area contributed by atoms with Gasteiger partial charge >= 0.3 is 0 Å². The molecule has 0 heterocycles. The molecule has 0 aromatic heterocycles. The van der Waals surface area contributed by atoms with Gasteiger partial charge in [0, 0.05) is 7.11 Å². The minimum atomic E-state index is -0.149. The number of likely N-dealkylation sites (N-methyl/N-ethyl adjacent to an activating group) is 1. The smallest absolute Gasteiger partial charge is 0.126 e. The minimum Gasteiger partial charge on any atom is -0.376 e. The molecule has 1 unspecified atom stereocenters. The van der Waals surface area contributed by atoms with E-state index in [1.165, 1.54) is 12.5 Å². The topological polar surface area (TPSA) is 21.3 Å². The largest absolute Gasteiger partial charge is 0.376 e. The summed E-state index contributed by atoms with van der Waals surface area (Å²) in [4.78, 5) is 0. The van der Waals surface area contributed by atoms with E-state index >= 15 is 0 Å². The summed E-state index contributed by atoms with van der Waals surface area (Å²) in [6.45, 7) is 1.80. The van der Waals surface area contributed by atoms with Crippen LogP contribution in [0.1, 0.15) is 36.4 Å². The summed E-state index contributed by atoms with van der Waals surface area (Å²) in [5, 5.41) is 3.31. The lowest BCUT2D eigenvalue weighted by Gasteiger charge is -2.46. The fraction of sp³-hybridized carbons (Fsp3) is 0.571. The molecule has 0 aliphatic heterocycles. The predicted octanol–water partition coefficient (Wildman–Crippen LogP) is 2.96. The van der Waals surface area contributed by atoms with E-state index in [1.807, 2.05) is 19.2 Å². The predicted molar refractivity (Wildman–Crippen MR) is 66.5 cm³/mol. The van der Waals surface area contributed by atoms with Gasteiger partial charge in [0.25, 0.3) is 0 Å². The Bertz CT molecular complexity index is 396. The lowest BCUT2D eigenvalue weighted by atomic mass is 9.72. The van der Waals surface area contributed by atoms with Crippen molar-refractivity contribution in [3.8, 4) is 0 Å². The van der Waals surface area contributed by atoms with Gasteiger partial charge in [-0.2, -0.15) is 0 Å². The van der Waals surface area contributed by atoms with Crippen LogP contribution in [0.15, 0.2) is 18.2 Å². The zero-order valence-corrected chi connectivity index (χ0v) is 10.7. The monoisotopic (exact) mass is 237 g/mol. The maximum absolute atomic E-state index is 13.3. The maximum Gasteiger partial charge on any atom is 0.126 e. The van der Waals surface area contributed by atoms with Crippen molar-refractivity contribution in [2.75, 3.05) is 14.2 Å². The highest BCUT2D eigenvalue weighted by Crippen LogP contribution is 2.44. The number of halogens is 1. The summed E-state index contributed by atoms with van der Waals surface area (Å²) in [6, 6.07) is 5.44. The van der Waals surface area contributed by atoms with E-state index in [-0.39, 0.29) is 17.5 Å².